The fraction of sp³-hybridized carbons (Fsp3) is 0.500. The van der Waals surface area contributed by atoms with E-state index in [1.807, 2.05) is 16.7 Å². The molecule has 1 fully saturated rings. The number of rotatable bonds is 4. The Balaban J connectivity index is 2.15. The Morgan fingerprint density at radius 2 is 2.05 bits per heavy atom. The molecule has 0 bridgehead atoms. The number of guanidine groups is 1. The number of thioether (sulfide) groups is 1. The highest BCUT2D eigenvalue weighted by molar-refractivity contribution is 7.99. The zero-order valence-corrected chi connectivity index (χ0v) is 14.8. The van der Waals surface area contributed by atoms with Gasteiger partial charge in [-0.25, -0.2) is 13.4 Å². The molecule has 5 nitrogen and oxygen atoms in total. The molecule has 0 aromatic heterocycles. The standard InChI is InChI=1S/C14H20ClN3O2S2/c1-2-22(19,20)13-8-11(7-12(15)9-13)10-17-14(16)18-3-5-21-6-4-18/h7-9H,2-6,10H2,1H3,(H2,16,17). The number of sulfone groups is 1. The topological polar surface area (TPSA) is 75.8 Å². The summed E-state index contributed by atoms with van der Waals surface area (Å²) in [7, 11) is -3.28. The van der Waals surface area contributed by atoms with Crippen LogP contribution in [0.4, 0.5) is 0 Å². The van der Waals surface area contributed by atoms with E-state index in [-0.39, 0.29) is 10.6 Å². The van der Waals surface area contributed by atoms with Gasteiger partial charge in [-0.2, -0.15) is 11.8 Å². The van der Waals surface area contributed by atoms with Crippen LogP contribution in [0.15, 0.2) is 28.1 Å². The van der Waals surface area contributed by atoms with E-state index in [2.05, 4.69) is 4.99 Å². The number of hydrogen-bond donors (Lipinski definition) is 1. The van der Waals surface area contributed by atoms with Crippen LogP contribution in [0, 0.1) is 0 Å². The van der Waals surface area contributed by atoms with Crippen molar-refractivity contribution in [1.82, 2.24) is 4.90 Å². The van der Waals surface area contributed by atoms with Gasteiger partial charge in [0.1, 0.15) is 0 Å². The summed E-state index contributed by atoms with van der Waals surface area (Å²) in [5, 5.41) is 0.396. The van der Waals surface area contributed by atoms with Crippen molar-refractivity contribution in [2.75, 3.05) is 30.3 Å². The molecule has 0 amide bonds. The first-order chi connectivity index (χ1) is 10.4. The monoisotopic (exact) mass is 361 g/mol. The fourth-order valence-electron chi connectivity index (χ4n) is 2.12. The lowest BCUT2D eigenvalue weighted by molar-refractivity contribution is 0.455. The average Bonchev–Trinajstić information content (AvgIpc) is 2.53. The molecule has 0 saturated carbocycles. The Labute approximate surface area is 140 Å². The molecular formula is C14H20ClN3O2S2. The van der Waals surface area contributed by atoms with Crippen LogP contribution in [0.3, 0.4) is 0 Å². The molecule has 1 saturated heterocycles. The first-order valence-electron chi connectivity index (χ1n) is 7.07. The molecule has 0 spiro atoms. The molecule has 1 heterocycles. The van der Waals surface area contributed by atoms with Crippen LogP contribution in [0.5, 0.6) is 0 Å². The van der Waals surface area contributed by atoms with Crippen molar-refractivity contribution in [2.45, 2.75) is 18.4 Å². The lowest BCUT2D eigenvalue weighted by Crippen LogP contribution is -2.42. The number of hydrogen-bond acceptors (Lipinski definition) is 4. The zero-order chi connectivity index (χ0) is 16.2. The smallest absolute Gasteiger partial charge is 0.191 e. The quantitative estimate of drug-likeness (QED) is 0.655. The lowest BCUT2D eigenvalue weighted by atomic mass is 10.2. The van der Waals surface area contributed by atoms with E-state index >= 15 is 0 Å². The highest BCUT2D eigenvalue weighted by atomic mass is 35.5. The second kappa shape index (κ2) is 7.57. The third-order valence-electron chi connectivity index (χ3n) is 3.43. The third kappa shape index (κ3) is 4.54. The van der Waals surface area contributed by atoms with Gasteiger partial charge in [-0.1, -0.05) is 18.5 Å². The number of benzene rings is 1. The van der Waals surface area contributed by atoms with E-state index in [9.17, 15) is 8.42 Å². The van der Waals surface area contributed by atoms with E-state index in [1.165, 1.54) is 6.07 Å². The highest BCUT2D eigenvalue weighted by Crippen LogP contribution is 2.21. The van der Waals surface area contributed by atoms with Crippen LogP contribution in [-0.2, 0) is 16.4 Å². The van der Waals surface area contributed by atoms with Crippen LogP contribution >= 0.6 is 23.4 Å². The Kier molecular flexibility index (Phi) is 6.00. The van der Waals surface area contributed by atoms with Crippen LogP contribution in [0.2, 0.25) is 5.02 Å². The van der Waals surface area contributed by atoms with Gasteiger partial charge in [0.15, 0.2) is 15.8 Å². The lowest BCUT2D eigenvalue weighted by Gasteiger charge is -2.27. The molecule has 1 aromatic rings. The van der Waals surface area contributed by atoms with Crippen molar-refractivity contribution in [3.8, 4) is 0 Å². The van der Waals surface area contributed by atoms with Crippen LogP contribution in [0.1, 0.15) is 12.5 Å². The second-order valence-electron chi connectivity index (χ2n) is 4.97. The molecule has 2 N–H and O–H groups in total. The van der Waals surface area contributed by atoms with E-state index < -0.39 is 9.84 Å². The molecule has 2 rings (SSSR count). The van der Waals surface area contributed by atoms with E-state index in [1.54, 1.807) is 19.1 Å². The molecule has 0 radical (unpaired) electrons. The van der Waals surface area contributed by atoms with Crippen LogP contribution < -0.4 is 5.73 Å². The number of nitrogens with two attached hydrogens (primary N) is 1. The van der Waals surface area contributed by atoms with Gasteiger partial charge in [0.05, 0.1) is 17.2 Å². The number of aliphatic imine (C=N–C) groups is 1. The number of halogens is 1. The minimum atomic E-state index is -3.28. The van der Waals surface area contributed by atoms with Gasteiger partial charge in [-0.3, -0.25) is 0 Å². The maximum absolute atomic E-state index is 12.0. The molecule has 1 aliphatic heterocycles. The van der Waals surface area contributed by atoms with Gasteiger partial charge >= 0.3 is 0 Å². The summed E-state index contributed by atoms with van der Waals surface area (Å²) in [6, 6.07) is 4.81. The summed E-state index contributed by atoms with van der Waals surface area (Å²) in [5.41, 5.74) is 6.74. The largest absolute Gasteiger partial charge is 0.370 e. The zero-order valence-electron chi connectivity index (χ0n) is 12.5. The van der Waals surface area contributed by atoms with Crippen molar-refractivity contribution < 1.29 is 8.42 Å². The van der Waals surface area contributed by atoms with Gasteiger partial charge in [-0.15, -0.1) is 0 Å². The van der Waals surface area contributed by atoms with Crippen molar-refractivity contribution in [2.24, 2.45) is 10.7 Å². The number of nitrogens with zero attached hydrogens (tertiary/aromatic N) is 2. The molecule has 0 unspecified atom stereocenters. The van der Waals surface area contributed by atoms with Crippen molar-refractivity contribution >= 4 is 39.2 Å². The first kappa shape index (κ1) is 17.4. The van der Waals surface area contributed by atoms with Crippen molar-refractivity contribution in [3.63, 3.8) is 0 Å². The third-order valence-corrected chi connectivity index (χ3v) is 6.30. The first-order valence-corrected chi connectivity index (χ1v) is 10.3. The van der Waals surface area contributed by atoms with Gasteiger partial charge in [0, 0.05) is 29.6 Å². The highest BCUT2D eigenvalue weighted by Gasteiger charge is 2.14. The molecule has 122 valence electrons. The average molecular weight is 362 g/mol. The summed E-state index contributed by atoms with van der Waals surface area (Å²) >= 11 is 7.92. The molecule has 8 heteroatoms. The summed E-state index contributed by atoms with van der Waals surface area (Å²) in [6.45, 7) is 3.72. The van der Waals surface area contributed by atoms with Crippen molar-refractivity contribution in [3.05, 3.63) is 28.8 Å². The Morgan fingerprint density at radius 1 is 1.36 bits per heavy atom. The predicted octanol–water partition coefficient (Wildman–Crippen LogP) is 2.00. The molecule has 0 aliphatic carbocycles. The van der Waals surface area contributed by atoms with Gasteiger partial charge in [0.2, 0.25) is 0 Å². The summed E-state index contributed by atoms with van der Waals surface area (Å²) in [5.74, 6) is 2.64. The fourth-order valence-corrected chi connectivity index (χ4v) is 4.32. The van der Waals surface area contributed by atoms with Crippen LogP contribution in [-0.4, -0.2) is 49.6 Å². The molecule has 22 heavy (non-hydrogen) atoms. The van der Waals surface area contributed by atoms with Crippen molar-refractivity contribution in [1.29, 1.82) is 0 Å². The van der Waals surface area contributed by atoms with Gasteiger partial charge in [0.25, 0.3) is 0 Å². The Bertz CT molecular complexity index is 656. The SMILES string of the molecule is CCS(=O)(=O)c1cc(Cl)cc(CN=C(N)N2CCSCC2)c1. The Hall–Kier alpha value is -0.920. The minimum absolute atomic E-state index is 0.0453. The molecule has 1 aromatic carbocycles. The van der Waals surface area contributed by atoms with Gasteiger partial charge in [-0.05, 0) is 23.8 Å². The van der Waals surface area contributed by atoms with E-state index in [0.717, 1.165) is 30.2 Å². The summed E-state index contributed by atoms with van der Waals surface area (Å²) in [4.78, 5) is 6.65. The van der Waals surface area contributed by atoms with E-state index in [4.69, 9.17) is 17.3 Å². The molecular weight excluding hydrogens is 342 g/mol. The van der Waals surface area contributed by atoms with Crippen LogP contribution in [0.25, 0.3) is 0 Å². The van der Waals surface area contributed by atoms with E-state index in [0.29, 0.717) is 17.5 Å². The second-order valence-corrected chi connectivity index (χ2v) is 8.91. The maximum Gasteiger partial charge on any atom is 0.191 e. The summed E-state index contributed by atoms with van der Waals surface area (Å²) < 4.78 is 23.9. The summed E-state index contributed by atoms with van der Waals surface area (Å²) in [6.07, 6.45) is 0. The minimum Gasteiger partial charge on any atom is -0.370 e. The molecule has 0 atom stereocenters. The molecule has 1 aliphatic rings. The van der Waals surface area contributed by atoms with Gasteiger partial charge < -0.3 is 10.6 Å². The normalized spacial score (nSPS) is 16.8. The predicted molar refractivity (Wildman–Crippen MR) is 93.4 cm³/mol. The Morgan fingerprint density at radius 3 is 2.68 bits per heavy atom. The maximum atomic E-state index is 12.0.